The second kappa shape index (κ2) is 6.56. The summed E-state index contributed by atoms with van der Waals surface area (Å²) in [5.41, 5.74) is 1.18. The number of carboxylic acids is 1. The van der Waals surface area contributed by atoms with Gasteiger partial charge in [-0.05, 0) is 29.8 Å². The number of hydrogen-bond acceptors (Lipinski definition) is 3. The average molecular weight is 325 g/mol. The van der Waals surface area contributed by atoms with Gasteiger partial charge in [-0.25, -0.2) is 9.78 Å². The minimum atomic E-state index is -0.996. The molecule has 0 radical (unpaired) electrons. The van der Waals surface area contributed by atoms with E-state index in [-0.39, 0.29) is 33.9 Å². The highest BCUT2D eigenvalue weighted by Crippen LogP contribution is 2.16. The van der Waals surface area contributed by atoms with Gasteiger partial charge in [0, 0.05) is 6.54 Å². The molecule has 7 heteroatoms. The van der Waals surface area contributed by atoms with Crippen molar-refractivity contribution in [2.24, 2.45) is 0 Å². The quantitative estimate of drug-likeness (QED) is 0.847. The van der Waals surface area contributed by atoms with E-state index < -0.39 is 5.97 Å². The SMILES string of the molecule is O=C(O)c1ccc(CNC(=O)c2ccc(Cl)nc2Cl)cc1. The van der Waals surface area contributed by atoms with E-state index in [4.69, 9.17) is 28.3 Å². The minimum absolute atomic E-state index is 0.0289. The maximum atomic E-state index is 12.0. The largest absolute Gasteiger partial charge is 0.478 e. The number of amides is 1. The van der Waals surface area contributed by atoms with Crippen LogP contribution >= 0.6 is 23.2 Å². The third-order valence-electron chi connectivity index (χ3n) is 2.71. The van der Waals surface area contributed by atoms with Gasteiger partial charge >= 0.3 is 5.97 Å². The van der Waals surface area contributed by atoms with Crippen molar-refractivity contribution in [3.8, 4) is 0 Å². The molecule has 1 amide bonds. The van der Waals surface area contributed by atoms with Crippen molar-refractivity contribution in [1.82, 2.24) is 10.3 Å². The summed E-state index contributed by atoms with van der Waals surface area (Å²) in [5.74, 6) is -1.38. The molecule has 1 aromatic carbocycles. The van der Waals surface area contributed by atoms with E-state index >= 15 is 0 Å². The van der Waals surface area contributed by atoms with Crippen LogP contribution in [0.5, 0.6) is 0 Å². The zero-order valence-corrected chi connectivity index (χ0v) is 12.1. The molecular weight excluding hydrogens is 315 g/mol. The molecular formula is C14H10Cl2N2O3. The molecule has 0 unspecified atom stereocenters. The summed E-state index contributed by atoms with van der Waals surface area (Å²) in [7, 11) is 0. The predicted molar refractivity (Wildman–Crippen MR) is 78.8 cm³/mol. The first-order chi connectivity index (χ1) is 9.97. The Morgan fingerprint density at radius 3 is 2.33 bits per heavy atom. The van der Waals surface area contributed by atoms with Crippen LogP contribution in [0.25, 0.3) is 0 Å². The lowest BCUT2D eigenvalue weighted by molar-refractivity contribution is 0.0696. The number of aromatic carboxylic acids is 1. The molecule has 1 heterocycles. The molecule has 21 heavy (non-hydrogen) atoms. The van der Waals surface area contributed by atoms with Crippen LogP contribution in [-0.2, 0) is 6.54 Å². The van der Waals surface area contributed by atoms with Gasteiger partial charge in [0.25, 0.3) is 5.91 Å². The molecule has 5 nitrogen and oxygen atoms in total. The van der Waals surface area contributed by atoms with Crippen LogP contribution in [0.2, 0.25) is 10.3 Å². The van der Waals surface area contributed by atoms with Crippen LogP contribution in [0.15, 0.2) is 36.4 Å². The Bertz CT molecular complexity index is 687. The summed E-state index contributed by atoms with van der Waals surface area (Å²) in [6, 6.07) is 9.17. The first-order valence-corrected chi connectivity index (χ1v) is 6.65. The normalized spacial score (nSPS) is 10.2. The fraction of sp³-hybridized carbons (Fsp3) is 0.0714. The van der Waals surface area contributed by atoms with Gasteiger partial charge in [0.05, 0.1) is 11.1 Å². The second-order valence-electron chi connectivity index (χ2n) is 4.16. The number of aromatic nitrogens is 1. The molecule has 0 aliphatic carbocycles. The lowest BCUT2D eigenvalue weighted by Gasteiger charge is -2.07. The molecule has 0 saturated carbocycles. The fourth-order valence-electron chi connectivity index (χ4n) is 1.62. The molecule has 0 fully saturated rings. The standard InChI is InChI=1S/C14H10Cl2N2O3/c15-11-6-5-10(12(16)18-11)13(19)17-7-8-1-3-9(4-2-8)14(20)21/h1-6H,7H2,(H,17,19)(H,20,21). The Labute approximate surface area is 130 Å². The van der Waals surface area contributed by atoms with Crippen LogP contribution in [0, 0.1) is 0 Å². The van der Waals surface area contributed by atoms with Crippen LogP contribution in [0.4, 0.5) is 0 Å². The van der Waals surface area contributed by atoms with Gasteiger partial charge in [-0.1, -0.05) is 35.3 Å². The van der Waals surface area contributed by atoms with Crippen LogP contribution in [0.1, 0.15) is 26.3 Å². The summed E-state index contributed by atoms with van der Waals surface area (Å²) < 4.78 is 0. The Morgan fingerprint density at radius 2 is 1.76 bits per heavy atom. The van der Waals surface area contributed by atoms with Crippen molar-refractivity contribution in [3.63, 3.8) is 0 Å². The van der Waals surface area contributed by atoms with Gasteiger partial charge in [0.15, 0.2) is 0 Å². The van der Waals surface area contributed by atoms with Crippen LogP contribution < -0.4 is 5.32 Å². The van der Waals surface area contributed by atoms with Gasteiger partial charge < -0.3 is 10.4 Å². The lowest BCUT2D eigenvalue weighted by Crippen LogP contribution is -2.23. The molecule has 2 N–H and O–H groups in total. The Hall–Kier alpha value is -2.11. The summed E-state index contributed by atoms with van der Waals surface area (Å²) in [6.07, 6.45) is 0. The molecule has 0 aliphatic rings. The molecule has 1 aromatic heterocycles. The zero-order valence-electron chi connectivity index (χ0n) is 10.6. The third-order valence-corrected chi connectivity index (χ3v) is 3.21. The Kier molecular flexibility index (Phi) is 4.77. The van der Waals surface area contributed by atoms with Gasteiger partial charge in [0.1, 0.15) is 10.3 Å². The van der Waals surface area contributed by atoms with Crippen molar-refractivity contribution in [1.29, 1.82) is 0 Å². The van der Waals surface area contributed by atoms with Crippen molar-refractivity contribution < 1.29 is 14.7 Å². The minimum Gasteiger partial charge on any atom is -0.478 e. The number of pyridine rings is 1. The van der Waals surface area contributed by atoms with Gasteiger partial charge in [-0.15, -0.1) is 0 Å². The van der Waals surface area contributed by atoms with Crippen molar-refractivity contribution >= 4 is 35.1 Å². The highest BCUT2D eigenvalue weighted by atomic mass is 35.5. The van der Waals surface area contributed by atoms with E-state index in [9.17, 15) is 9.59 Å². The second-order valence-corrected chi connectivity index (χ2v) is 4.90. The number of carbonyl (C=O) groups excluding carboxylic acids is 1. The van der Waals surface area contributed by atoms with Crippen molar-refractivity contribution in [2.75, 3.05) is 0 Å². The average Bonchev–Trinajstić information content (AvgIpc) is 2.45. The van der Waals surface area contributed by atoms with Gasteiger partial charge in [-0.3, -0.25) is 4.79 Å². The predicted octanol–water partition coefficient (Wildman–Crippen LogP) is 3.02. The first-order valence-electron chi connectivity index (χ1n) is 5.90. The molecule has 0 atom stereocenters. The monoisotopic (exact) mass is 324 g/mol. The molecule has 2 aromatic rings. The van der Waals surface area contributed by atoms with E-state index in [0.717, 1.165) is 5.56 Å². The zero-order chi connectivity index (χ0) is 15.4. The number of nitrogens with zero attached hydrogens (tertiary/aromatic N) is 1. The van der Waals surface area contributed by atoms with Crippen molar-refractivity contribution in [3.05, 3.63) is 63.4 Å². The fourth-order valence-corrected chi connectivity index (χ4v) is 2.05. The summed E-state index contributed by atoms with van der Waals surface area (Å²) in [6.45, 7) is 0.248. The Morgan fingerprint density at radius 1 is 1.10 bits per heavy atom. The lowest BCUT2D eigenvalue weighted by atomic mass is 10.1. The summed E-state index contributed by atoms with van der Waals surface area (Å²) >= 11 is 11.5. The number of carbonyl (C=O) groups is 2. The van der Waals surface area contributed by atoms with Gasteiger partial charge in [-0.2, -0.15) is 0 Å². The maximum absolute atomic E-state index is 12.0. The summed E-state index contributed by atoms with van der Waals surface area (Å²) in [5, 5.41) is 11.7. The molecule has 0 aliphatic heterocycles. The summed E-state index contributed by atoms with van der Waals surface area (Å²) in [4.78, 5) is 26.5. The van der Waals surface area contributed by atoms with E-state index in [1.807, 2.05) is 0 Å². The number of hydrogen-bond donors (Lipinski definition) is 2. The Balaban J connectivity index is 2.02. The molecule has 0 saturated heterocycles. The smallest absolute Gasteiger partial charge is 0.335 e. The topological polar surface area (TPSA) is 79.3 Å². The maximum Gasteiger partial charge on any atom is 0.335 e. The number of halogens is 2. The van der Waals surface area contributed by atoms with Crippen molar-refractivity contribution in [2.45, 2.75) is 6.54 Å². The molecule has 0 spiro atoms. The number of carboxylic acid groups (broad SMARTS) is 1. The van der Waals surface area contributed by atoms with E-state index in [2.05, 4.69) is 10.3 Å². The van der Waals surface area contributed by atoms with Gasteiger partial charge in [0.2, 0.25) is 0 Å². The van der Waals surface area contributed by atoms with Crippen LogP contribution in [0.3, 0.4) is 0 Å². The highest BCUT2D eigenvalue weighted by molar-refractivity contribution is 6.34. The van der Waals surface area contributed by atoms with E-state index in [1.54, 1.807) is 12.1 Å². The number of benzene rings is 1. The number of rotatable bonds is 4. The van der Waals surface area contributed by atoms with E-state index in [1.165, 1.54) is 24.3 Å². The first kappa shape index (κ1) is 15.3. The number of nitrogens with one attached hydrogen (secondary N) is 1. The van der Waals surface area contributed by atoms with Crippen LogP contribution in [-0.4, -0.2) is 22.0 Å². The third kappa shape index (κ3) is 3.93. The molecule has 108 valence electrons. The molecule has 2 rings (SSSR count). The molecule has 0 bridgehead atoms. The highest BCUT2D eigenvalue weighted by Gasteiger charge is 2.11. The van der Waals surface area contributed by atoms with E-state index in [0.29, 0.717) is 0 Å².